The molecule has 0 saturated carbocycles. The topological polar surface area (TPSA) is 87.6 Å². The number of ether oxygens (including phenoxy) is 2. The van der Waals surface area contributed by atoms with Crippen LogP contribution in [0.1, 0.15) is 13.3 Å². The maximum absolute atomic E-state index is 10.6. The summed E-state index contributed by atoms with van der Waals surface area (Å²) in [4.78, 5) is 10.1. The molecular formula is C10H12N2O4. The summed E-state index contributed by atoms with van der Waals surface area (Å²) < 4.78 is 11.1. The Morgan fingerprint density at radius 2 is 2.12 bits per heavy atom. The zero-order valence-corrected chi connectivity index (χ0v) is 8.80. The highest BCUT2D eigenvalue weighted by Crippen LogP contribution is 2.42. The molecule has 0 saturated heterocycles. The molecule has 16 heavy (non-hydrogen) atoms. The van der Waals surface area contributed by atoms with Crippen molar-refractivity contribution in [3.8, 4) is 11.5 Å². The van der Waals surface area contributed by atoms with Gasteiger partial charge in [-0.1, -0.05) is 0 Å². The second-order valence-corrected chi connectivity index (χ2v) is 3.76. The molecule has 0 radical (unpaired) electrons. The van der Waals surface area contributed by atoms with Gasteiger partial charge in [0.05, 0.1) is 11.0 Å². The summed E-state index contributed by atoms with van der Waals surface area (Å²) >= 11 is 0. The van der Waals surface area contributed by atoms with E-state index in [2.05, 4.69) is 0 Å². The fourth-order valence-corrected chi connectivity index (χ4v) is 1.62. The first-order valence-corrected chi connectivity index (χ1v) is 4.91. The van der Waals surface area contributed by atoms with E-state index < -0.39 is 10.7 Å². The van der Waals surface area contributed by atoms with Crippen molar-refractivity contribution in [2.24, 2.45) is 5.73 Å². The Morgan fingerprint density at radius 3 is 2.75 bits per heavy atom. The van der Waals surface area contributed by atoms with Crippen LogP contribution >= 0.6 is 0 Å². The summed E-state index contributed by atoms with van der Waals surface area (Å²) in [6, 6.07) is 4.28. The van der Waals surface area contributed by atoms with Crippen molar-refractivity contribution in [1.29, 1.82) is 0 Å². The fraction of sp³-hybridized carbons (Fsp3) is 0.400. The van der Waals surface area contributed by atoms with E-state index in [1.807, 2.05) is 0 Å². The monoisotopic (exact) mass is 224 g/mol. The van der Waals surface area contributed by atoms with Crippen LogP contribution in [0, 0.1) is 10.1 Å². The zero-order chi connectivity index (χ0) is 11.8. The van der Waals surface area contributed by atoms with E-state index in [0.29, 0.717) is 24.5 Å². The quantitative estimate of drug-likeness (QED) is 0.619. The molecule has 1 unspecified atom stereocenters. The van der Waals surface area contributed by atoms with Gasteiger partial charge in [0.2, 0.25) is 5.79 Å². The minimum atomic E-state index is -0.813. The van der Waals surface area contributed by atoms with E-state index >= 15 is 0 Å². The van der Waals surface area contributed by atoms with Crippen LogP contribution in [0.25, 0.3) is 0 Å². The summed E-state index contributed by atoms with van der Waals surface area (Å²) in [5, 5.41) is 10.6. The lowest BCUT2D eigenvalue weighted by molar-refractivity contribution is -0.384. The number of nitrogens with two attached hydrogens (primary N) is 1. The highest BCUT2D eigenvalue weighted by molar-refractivity contribution is 5.50. The Morgan fingerprint density at radius 1 is 1.44 bits per heavy atom. The van der Waals surface area contributed by atoms with Gasteiger partial charge in [0, 0.05) is 19.4 Å². The van der Waals surface area contributed by atoms with Gasteiger partial charge >= 0.3 is 0 Å². The molecule has 0 spiro atoms. The number of hydrogen-bond donors (Lipinski definition) is 1. The van der Waals surface area contributed by atoms with E-state index in [0.717, 1.165) is 0 Å². The van der Waals surface area contributed by atoms with Gasteiger partial charge in [-0.15, -0.1) is 0 Å². The molecule has 6 nitrogen and oxygen atoms in total. The van der Waals surface area contributed by atoms with E-state index in [4.69, 9.17) is 15.2 Å². The normalized spacial score (nSPS) is 22.1. The van der Waals surface area contributed by atoms with Crippen molar-refractivity contribution in [2.45, 2.75) is 19.1 Å². The number of nitro groups is 1. The number of benzene rings is 1. The third-order valence-electron chi connectivity index (χ3n) is 2.39. The van der Waals surface area contributed by atoms with Crippen LogP contribution in [0.5, 0.6) is 11.5 Å². The molecule has 0 aromatic heterocycles. The molecule has 2 rings (SSSR count). The van der Waals surface area contributed by atoms with Crippen LogP contribution in [0.2, 0.25) is 0 Å². The molecule has 1 aliphatic heterocycles. The van der Waals surface area contributed by atoms with E-state index in [9.17, 15) is 10.1 Å². The van der Waals surface area contributed by atoms with Crippen molar-refractivity contribution >= 4 is 5.69 Å². The molecule has 1 aromatic rings. The maximum atomic E-state index is 10.6. The van der Waals surface area contributed by atoms with Gasteiger partial charge in [0.25, 0.3) is 5.69 Å². The molecule has 0 bridgehead atoms. The van der Waals surface area contributed by atoms with E-state index in [1.165, 1.54) is 18.2 Å². The van der Waals surface area contributed by atoms with Gasteiger partial charge in [-0.05, 0) is 12.6 Å². The van der Waals surface area contributed by atoms with Crippen molar-refractivity contribution in [3.05, 3.63) is 28.3 Å². The first kappa shape index (κ1) is 10.7. The lowest BCUT2D eigenvalue weighted by Gasteiger charge is -2.21. The lowest BCUT2D eigenvalue weighted by atomic mass is 10.2. The zero-order valence-electron chi connectivity index (χ0n) is 8.80. The smallest absolute Gasteiger partial charge is 0.273 e. The molecule has 86 valence electrons. The average molecular weight is 224 g/mol. The number of rotatable bonds is 3. The van der Waals surface area contributed by atoms with E-state index in [-0.39, 0.29) is 5.69 Å². The first-order valence-electron chi connectivity index (χ1n) is 4.91. The summed E-state index contributed by atoms with van der Waals surface area (Å²) in [6.45, 7) is 2.18. The molecule has 1 atom stereocenters. The Kier molecular flexibility index (Phi) is 2.43. The number of fused-ring (bicyclic) bond motifs is 1. The largest absolute Gasteiger partial charge is 0.449 e. The Labute approximate surface area is 92.1 Å². The number of nitro benzene ring substituents is 1. The third-order valence-corrected chi connectivity index (χ3v) is 2.39. The van der Waals surface area contributed by atoms with Crippen molar-refractivity contribution in [3.63, 3.8) is 0 Å². The molecule has 0 fully saturated rings. The van der Waals surface area contributed by atoms with Crippen LogP contribution in [0.3, 0.4) is 0 Å². The highest BCUT2D eigenvalue weighted by atomic mass is 16.7. The molecule has 1 aromatic carbocycles. The molecule has 1 aliphatic rings. The van der Waals surface area contributed by atoms with Crippen LogP contribution in [0.15, 0.2) is 18.2 Å². The fourth-order valence-electron chi connectivity index (χ4n) is 1.62. The van der Waals surface area contributed by atoms with E-state index in [1.54, 1.807) is 6.92 Å². The number of hydrogen-bond acceptors (Lipinski definition) is 5. The van der Waals surface area contributed by atoms with Gasteiger partial charge in [-0.25, -0.2) is 0 Å². The molecule has 1 heterocycles. The third kappa shape index (κ3) is 1.79. The number of nitrogens with zero attached hydrogens (tertiary/aromatic N) is 1. The summed E-state index contributed by atoms with van der Waals surface area (Å²) in [5.41, 5.74) is 5.42. The molecule has 0 amide bonds. The first-order chi connectivity index (χ1) is 7.54. The predicted molar refractivity (Wildman–Crippen MR) is 56.4 cm³/mol. The Hall–Kier alpha value is -1.82. The Balaban J connectivity index is 2.27. The van der Waals surface area contributed by atoms with Gasteiger partial charge in [-0.3, -0.25) is 10.1 Å². The van der Waals surface area contributed by atoms with Crippen molar-refractivity contribution < 1.29 is 14.4 Å². The summed E-state index contributed by atoms with van der Waals surface area (Å²) in [5.74, 6) is 0.0958. The lowest BCUT2D eigenvalue weighted by Crippen LogP contribution is -2.36. The maximum Gasteiger partial charge on any atom is 0.273 e. The van der Waals surface area contributed by atoms with Gasteiger partial charge in [-0.2, -0.15) is 0 Å². The minimum Gasteiger partial charge on any atom is -0.449 e. The number of non-ortho nitro benzene ring substituents is 1. The Bertz CT molecular complexity index is 435. The molecule has 0 aliphatic carbocycles. The predicted octanol–water partition coefficient (Wildman–Crippen LogP) is 1.43. The minimum absolute atomic E-state index is 0.0145. The highest BCUT2D eigenvalue weighted by Gasteiger charge is 2.36. The second-order valence-electron chi connectivity index (χ2n) is 3.76. The average Bonchev–Trinajstić information content (AvgIpc) is 2.52. The van der Waals surface area contributed by atoms with Crippen LogP contribution in [-0.4, -0.2) is 17.3 Å². The standard InChI is InChI=1S/C10H12N2O4/c1-10(4-5-11)15-8-3-2-7(12(13)14)6-9(8)16-10/h2-3,6H,4-5,11H2,1H3. The summed E-state index contributed by atoms with van der Waals surface area (Å²) in [7, 11) is 0. The van der Waals surface area contributed by atoms with Crippen LogP contribution in [-0.2, 0) is 0 Å². The van der Waals surface area contributed by atoms with Gasteiger partial charge in [0.15, 0.2) is 11.5 Å². The van der Waals surface area contributed by atoms with Gasteiger partial charge in [0.1, 0.15) is 0 Å². The molecule has 6 heteroatoms. The van der Waals surface area contributed by atoms with Crippen molar-refractivity contribution in [1.82, 2.24) is 0 Å². The molecule has 2 N–H and O–H groups in total. The van der Waals surface area contributed by atoms with Crippen LogP contribution < -0.4 is 15.2 Å². The molecular weight excluding hydrogens is 212 g/mol. The summed E-state index contributed by atoms with van der Waals surface area (Å²) in [6.07, 6.45) is 0.523. The van der Waals surface area contributed by atoms with Gasteiger partial charge < -0.3 is 15.2 Å². The SMILES string of the molecule is CC1(CCN)Oc2ccc([N+](=O)[O-])cc2O1. The van der Waals surface area contributed by atoms with Crippen LogP contribution in [0.4, 0.5) is 5.69 Å². The van der Waals surface area contributed by atoms with Crippen molar-refractivity contribution in [2.75, 3.05) is 6.54 Å². The second kappa shape index (κ2) is 3.64.